The molecule has 0 saturated carbocycles. The molecule has 1 aromatic rings. The lowest BCUT2D eigenvalue weighted by molar-refractivity contribution is -0.331. The van der Waals surface area contributed by atoms with Crippen molar-refractivity contribution in [3.63, 3.8) is 0 Å². The van der Waals surface area contributed by atoms with Crippen molar-refractivity contribution in [2.45, 2.75) is 6.36 Å². The number of hydrogen-bond donors (Lipinski definition) is 0. The van der Waals surface area contributed by atoms with Gasteiger partial charge in [-0.3, -0.25) is 0 Å². The van der Waals surface area contributed by atoms with Crippen molar-refractivity contribution in [2.75, 3.05) is 0 Å². The number of alkyl halides is 3. The molecule has 4 heteroatoms. The van der Waals surface area contributed by atoms with E-state index in [0.29, 0.717) is 0 Å². The Hall–Kier alpha value is -1.03. The molecule has 0 aliphatic carbocycles. The maximum atomic E-state index is 9.80. The molecule has 0 heterocycles. The predicted octanol–water partition coefficient (Wildman–Crippen LogP) is 2.42. The zero-order chi connectivity index (χ0) is 8.74. The SMILES string of the molecule is [O]C(F)(F)F.[c]1ccccc1. The Bertz CT molecular complexity index is 138. The highest BCUT2D eigenvalue weighted by Gasteiger charge is 2.24. The standard InChI is InChI=1S/C6H5.CF3O/c1-2-4-6-5-3-1;2-1(3,4)5/h1-5H;. The van der Waals surface area contributed by atoms with Crippen molar-refractivity contribution < 1.29 is 18.3 Å². The smallest absolute Gasteiger partial charge is 0.142 e. The topological polar surface area (TPSA) is 19.9 Å². The summed E-state index contributed by atoms with van der Waals surface area (Å²) in [6.45, 7) is 0. The summed E-state index contributed by atoms with van der Waals surface area (Å²) in [6.07, 6.45) is -5.25. The van der Waals surface area contributed by atoms with Crippen molar-refractivity contribution in [3.05, 3.63) is 36.4 Å². The largest absolute Gasteiger partial charge is 0.549 e. The molecule has 0 unspecified atom stereocenters. The molecule has 0 saturated heterocycles. The minimum Gasteiger partial charge on any atom is -0.142 e. The van der Waals surface area contributed by atoms with Crippen LogP contribution in [0.1, 0.15) is 0 Å². The third-order valence-corrected chi connectivity index (χ3v) is 0.607. The van der Waals surface area contributed by atoms with Crippen LogP contribution < -0.4 is 0 Å². The second-order valence-corrected chi connectivity index (χ2v) is 1.52. The van der Waals surface area contributed by atoms with E-state index < -0.39 is 6.36 Å². The normalized spacial score (nSPS) is 9.82. The average Bonchev–Trinajstić information content (AvgIpc) is 1.88. The van der Waals surface area contributed by atoms with Crippen molar-refractivity contribution in [1.82, 2.24) is 0 Å². The van der Waals surface area contributed by atoms with Gasteiger partial charge in [-0.2, -0.15) is 0 Å². The molecule has 0 aromatic heterocycles. The monoisotopic (exact) mass is 162 g/mol. The second kappa shape index (κ2) is 4.73. The Balaban J connectivity index is 0.000000187. The summed E-state index contributed by atoms with van der Waals surface area (Å²) in [5.74, 6) is 0. The van der Waals surface area contributed by atoms with Crippen LogP contribution in [-0.4, -0.2) is 6.36 Å². The fourth-order valence-electron chi connectivity index (χ4n) is 0.342. The molecule has 1 nitrogen and oxygen atoms in total. The average molecular weight is 162 g/mol. The fourth-order valence-corrected chi connectivity index (χ4v) is 0.342. The van der Waals surface area contributed by atoms with E-state index in [4.69, 9.17) is 5.11 Å². The molecule has 0 fully saturated rings. The first-order chi connectivity index (χ1) is 5.00. The zero-order valence-corrected chi connectivity index (χ0v) is 5.43. The first kappa shape index (κ1) is 9.97. The molecule has 0 bridgehead atoms. The summed E-state index contributed by atoms with van der Waals surface area (Å²) in [5.41, 5.74) is 0. The van der Waals surface area contributed by atoms with Gasteiger partial charge in [0.25, 0.3) is 0 Å². The van der Waals surface area contributed by atoms with E-state index in [2.05, 4.69) is 6.07 Å². The van der Waals surface area contributed by atoms with Crippen LogP contribution in [0.3, 0.4) is 0 Å². The van der Waals surface area contributed by atoms with Crippen LogP contribution in [0.2, 0.25) is 0 Å². The summed E-state index contributed by atoms with van der Waals surface area (Å²) in [6, 6.07) is 12.5. The Morgan fingerprint density at radius 3 is 1.45 bits per heavy atom. The number of hydrogen-bond acceptors (Lipinski definition) is 0. The van der Waals surface area contributed by atoms with Crippen molar-refractivity contribution >= 4 is 0 Å². The molecule has 0 N–H and O–H groups in total. The summed E-state index contributed by atoms with van der Waals surface area (Å²) in [4.78, 5) is 0. The van der Waals surface area contributed by atoms with E-state index in [1.54, 1.807) is 0 Å². The third kappa shape index (κ3) is 17.6. The molecule has 1 rings (SSSR count). The van der Waals surface area contributed by atoms with Gasteiger partial charge in [0.05, 0.1) is 0 Å². The van der Waals surface area contributed by atoms with Gasteiger partial charge >= 0.3 is 6.36 Å². The molecular formula is C7H5F3O. The van der Waals surface area contributed by atoms with Crippen LogP contribution in [0.5, 0.6) is 0 Å². The van der Waals surface area contributed by atoms with Gasteiger partial charge in [-0.05, 0) is 6.07 Å². The lowest BCUT2D eigenvalue weighted by atomic mass is 10.4. The van der Waals surface area contributed by atoms with Crippen molar-refractivity contribution in [3.8, 4) is 0 Å². The summed E-state index contributed by atoms with van der Waals surface area (Å²) in [7, 11) is 0. The minimum absolute atomic E-state index is 1.88. The Kier molecular flexibility index (Phi) is 4.29. The molecule has 1 aromatic carbocycles. The quantitative estimate of drug-likeness (QED) is 0.558. The molecule has 11 heavy (non-hydrogen) atoms. The van der Waals surface area contributed by atoms with Crippen LogP contribution >= 0.6 is 0 Å². The molecule has 0 spiro atoms. The lowest BCUT2D eigenvalue weighted by Crippen LogP contribution is -1.99. The third-order valence-electron chi connectivity index (χ3n) is 0.607. The number of benzene rings is 1. The highest BCUT2D eigenvalue weighted by Crippen LogP contribution is 2.07. The minimum atomic E-state index is -5.25. The summed E-state index contributed by atoms with van der Waals surface area (Å²) < 4.78 is 29.4. The highest BCUT2D eigenvalue weighted by molar-refractivity contribution is 4.97. The van der Waals surface area contributed by atoms with E-state index in [1.807, 2.05) is 30.3 Å². The molecule has 0 amide bonds. The Morgan fingerprint density at radius 1 is 1.00 bits per heavy atom. The van der Waals surface area contributed by atoms with Crippen LogP contribution in [0.15, 0.2) is 30.3 Å². The predicted molar refractivity (Wildman–Crippen MR) is 32.0 cm³/mol. The van der Waals surface area contributed by atoms with Gasteiger partial charge in [0.1, 0.15) is 0 Å². The van der Waals surface area contributed by atoms with E-state index in [-0.39, 0.29) is 0 Å². The maximum absolute atomic E-state index is 9.80. The van der Waals surface area contributed by atoms with Gasteiger partial charge in [0.15, 0.2) is 0 Å². The molecule has 0 aliphatic heterocycles. The Morgan fingerprint density at radius 2 is 1.36 bits per heavy atom. The fraction of sp³-hybridized carbons (Fsp3) is 0.143. The first-order valence-corrected chi connectivity index (χ1v) is 2.68. The molecule has 60 valence electrons. The number of rotatable bonds is 0. The lowest BCUT2D eigenvalue weighted by Gasteiger charge is -1.82. The molecule has 0 aliphatic rings. The van der Waals surface area contributed by atoms with Gasteiger partial charge in [-0.15, -0.1) is 18.3 Å². The van der Waals surface area contributed by atoms with E-state index >= 15 is 0 Å². The van der Waals surface area contributed by atoms with Crippen molar-refractivity contribution in [2.24, 2.45) is 0 Å². The van der Waals surface area contributed by atoms with E-state index in [9.17, 15) is 13.2 Å². The summed E-state index contributed by atoms with van der Waals surface area (Å²) >= 11 is 0. The van der Waals surface area contributed by atoms with Crippen LogP contribution in [0, 0.1) is 6.07 Å². The number of halogens is 3. The van der Waals surface area contributed by atoms with E-state index in [1.165, 1.54) is 0 Å². The van der Waals surface area contributed by atoms with Gasteiger partial charge in [0.2, 0.25) is 0 Å². The van der Waals surface area contributed by atoms with Gasteiger partial charge in [-0.25, -0.2) is 0 Å². The Labute approximate surface area is 62.1 Å². The summed E-state index contributed by atoms with van der Waals surface area (Å²) in [5, 5.41) is 8.10. The van der Waals surface area contributed by atoms with Gasteiger partial charge < -0.3 is 0 Å². The maximum Gasteiger partial charge on any atom is 0.549 e. The highest BCUT2D eigenvalue weighted by atomic mass is 19.4. The van der Waals surface area contributed by atoms with Crippen molar-refractivity contribution in [1.29, 1.82) is 0 Å². The van der Waals surface area contributed by atoms with Gasteiger partial charge in [-0.1, -0.05) is 30.3 Å². The molecular weight excluding hydrogens is 157 g/mol. The van der Waals surface area contributed by atoms with Crippen LogP contribution in [0.25, 0.3) is 0 Å². The van der Waals surface area contributed by atoms with E-state index in [0.717, 1.165) is 0 Å². The zero-order valence-electron chi connectivity index (χ0n) is 5.43. The first-order valence-electron chi connectivity index (χ1n) is 2.68. The van der Waals surface area contributed by atoms with Crippen LogP contribution in [0.4, 0.5) is 13.2 Å². The van der Waals surface area contributed by atoms with Crippen LogP contribution in [-0.2, 0) is 5.11 Å². The van der Waals surface area contributed by atoms with Gasteiger partial charge in [0, 0.05) is 0 Å². The molecule has 2 radical (unpaired) electrons. The second-order valence-electron chi connectivity index (χ2n) is 1.52. The molecule has 0 atom stereocenters.